The molecule has 0 unspecified atom stereocenters. The van der Waals surface area contributed by atoms with E-state index in [0.29, 0.717) is 5.52 Å². The summed E-state index contributed by atoms with van der Waals surface area (Å²) in [4.78, 5) is 16.9. The minimum Gasteiger partial charge on any atom is -0.292 e. The highest BCUT2D eigenvalue weighted by Crippen LogP contribution is 2.26. The molecule has 5 rings (SSSR count). The summed E-state index contributed by atoms with van der Waals surface area (Å²) in [5.74, 6) is 0. The lowest BCUT2D eigenvalue weighted by Crippen LogP contribution is -2.20. The molecular weight excluding hydrogens is 300 g/mol. The van der Waals surface area contributed by atoms with Crippen LogP contribution in [0.1, 0.15) is 0 Å². The van der Waals surface area contributed by atoms with E-state index >= 15 is 0 Å². The van der Waals surface area contributed by atoms with E-state index in [0.717, 1.165) is 27.6 Å². The molecule has 0 amide bonds. The fraction of sp³-hybridized carbons (Fsp3) is 0. The van der Waals surface area contributed by atoms with E-state index in [1.54, 1.807) is 12.4 Å². The van der Waals surface area contributed by atoms with Crippen molar-refractivity contribution in [2.24, 2.45) is 0 Å². The van der Waals surface area contributed by atoms with Crippen LogP contribution < -0.4 is 5.56 Å². The van der Waals surface area contributed by atoms with Crippen molar-refractivity contribution in [2.45, 2.75) is 0 Å². The van der Waals surface area contributed by atoms with Gasteiger partial charge in [0, 0.05) is 17.6 Å². The van der Waals surface area contributed by atoms with Gasteiger partial charge in [0.1, 0.15) is 5.65 Å². The van der Waals surface area contributed by atoms with Crippen LogP contribution in [-0.2, 0) is 0 Å². The van der Waals surface area contributed by atoms with Crippen LogP contribution in [0, 0.1) is 0 Å². The van der Waals surface area contributed by atoms with Crippen molar-refractivity contribution in [2.75, 3.05) is 0 Å². The maximum absolute atomic E-state index is 12.6. The minimum atomic E-state index is -0.206. The first-order valence-electron chi connectivity index (χ1n) is 7.66. The van der Waals surface area contributed by atoms with Crippen LogP contribution in [0.25, 0.3) is 33.1 Å². The molecule has 0 aliphatic rings. The van der Waals surface area contributed by atoms with Crippen LogP contribution in [0.5, 0.6) is 0 Å². The molecule has 0 N–H and O–H groups in total. The van der Waals surface area contributed by atoms with E-state index in [-0.39, 0.29) is 5.56 Å². The van der Waals surface area contributed by atoms with Gasteiger partial charge in [0.05, 0.1) is 17.4 Å². The first-order valence-corrected chi connectivity index (χ1v) is 7.66. The Morgan fingerprint density at radius 2 is 1.71 bits per heavy atom. The minimum absolute atomic E-state index is 0.206. The Morgan fingerprint density at radius 1 is 0.833 bits per heavy atom. The molecule has 0 atom stereocenters. The average Bonchev–Trinajstić information content (AvgIpc) is 3.12. The summed E-state index contributed by atoms with van der Waals surface area (Å²) in [6, 6.07) is 19.9. The molecule has 0 bridgehead atoms. The second-order valence-corrected chi connectivity index (χ2v) is 5.61. The Hall–Kier alpha value is -3.47. The van der Waals surface area contributed by atoms with Crippen molar-refractivity contribution in [3.05, 3.63) is 83.4 Å². The van der Waals surface area contributed by atoms with E-state index in [9.17, 15) is 4.79 Å². The van der Waals surface area contributed by atoms with Crippen molar-refractivity contribution in [3.63, 3.8) is 0 Å². The van der Waals surface area contributed by atoms with E-state index in [1.807, 2.05) is 47.0 Å². The zero-order valence-corrected chi connectivity index (χ0v) is 12.6. The number of aromatic nitrogens is 4. The molecule has 0 saturated heterocycles. The number of nitrogens with zero attached hydrogens (tertiary/aromatic N) is 4. The Bertz CT molecular complexity index is 1280. The van der Waals surface area contributed by atoms with Gasteiger partial charge < -0.3 is 0 Å². The number of hydrogen-bond donors (Lipinski definition) is 0. The predicted molar refractivity (Wildman–Crippen MR) is 93.6 cm³/mol. The topological polar surface area (TPSA) is 52.2 Å². The number of pyridine rings is 1. The lowest BCUT2D eigenvalue weighted by molar-refractivity contribution is 0.888. The number of hydrogen-bond acceptors (Lipinski definition) is 3. The van der Waals surface area contributed by atoms with Crippen molar-refractivity contribution in [1.29, 1.82) is 0 Å². The molecule has 114 valence electrons. The zero-order valence-electron chi connectivity index (χ0n) is 12.6. The second-order valence-electron chi connectivity index (χ2n) is 5.61. The molecule has 24 heavy (non-hydrogen) atoms. The average molecular weight is 312 g/mol. The third kappa shape index (κ3) is 1.66. The number of benzene rings is 2. The third-order valence-corrected chi connectivity index (χ3v) is 4.28. The van der Waals surface area contributed by atoms with Crippen molar-refractivity contribution >= 4 is 27.5 Å². The summed E-state index contributed by atoms with van der Waals surface area (Å²) in [6.45, 7) is 0. The van der Waals surface area contributed by atoms with Gasteiger partial charge in [0.15, 0.2) is 5.52 Å². The smallest absolute Gasteiger partial charge is 0.292 e. The highest BCUT2D eigenvalue weighted by Gasteiger charge is 2.14. The van der Waals surface area contributed by atoms with Gasteiger partial charge in [-0.2, -0.15) is 9.61 Å². The lowest BCUT2D eigenvalue weighted by Gasteiger charge is -2.15. The van der Waals surface area contributed by atoms with Crippen molar-refractivity contribution in [1.82, 2.24) is 19.2 Å². The molecule has 0 aliphatic carbocycles. The maximum atomic E-state index is 12.6. The summed E-state index contributed by atoms with van der Waals surface area (Å²) >= 11 is 0. The normalized spacial score (nSPS) is 11.5. The predicted octanol–water partition coefficient (Wildman–Crippen LogP) is 3.19. The summed E-state index contributed by atoms with van der Waals surface area (Å²) in [6.07, 6.45) is 3.27. The van der Waals surface area contributed by atoms with Gasteiger partial charge in [-0.15, -0.1) is 0 Å². The van der Waals surface area contributed by atoms with E-state index in [2.05, 4.69) is 28.3 Å². The highest BCUT2D eigenvalue weighted by atomic mass is 16.1. The molecule has 0 spiro atoms. The Labute approximate surface area is 136 Å². The first-order chi connectivity index (χ1) is 11.8. The molecule has 0 saturated carbocycles. The fourth-order valence-corrected chi connectivity index (χ4v) is 3.24. The van der Waals surface area contributed by atoms with Crippen LogP contribution >= 0.6 is 0 Å². The van der Waals surface area contributed by atoms with Crippen LogP contribution in [0.3, 0.4) is 0 Å². The summed E-state index contributed by atoms with van der Waals surface area (Å²) < 4.78 is 3.44. The zero-order chi connectivity index (χ0) is 16.1. The van der Waals surface area contributed by atoms with Gasteiger partial charge in [-0.1, -0.05) is 36.4 Å². The summed E-state index contributed by atoms with van der Waals surface area (Å²) in [5, 5.41) is 6.43. The molecular formula is C19H12N4O. The van der Waals surface area contributed by atoms with Gasteiger partial charge in [0.25, 0.3) is 0 Å². The Kier molecular flexibility index (Phi) is 2.58. The van der Waals surface area contributed by atoms with E-state index in [4.69, 9.17) is 0 Å². The van der Waals surface area contributed by atoms with Crippen molar-refractivity contribution in [3.8, 4) is 5.69 Å². The van der Waals surface area contributed by atoms with Gasteiger partial charge in [-0.05, 0) is 23.6 Å². The molecule has 0 fully saturated rings. The van der Waals surface area contributed by atoms with Gasteiger partial charge >= 0.3 is 5.56 Å². The molecule has 2 aromatic carbocycles. The van der Waals surface area contributed by atoms with Crippen molar-refractivity contribution < 1.29 is 0 Å². The van der Waals surface area contributed by atoms with Crippen LogP contribution in [0.2, 0.25) is 0 Å². The quantitative estimate of drug-likeness (QED) is 0.478. The molecule has 0 aliphatic heterocycles. The maximum Gasteiger partial charge on any atom is 0.300 e. The standard InChI is InChI=1S/C19H12N4O/c24-19-18-16(9-4-11-20-18)22(17-10-12-21-23(17)19)15-8-3-6-13-5-1-2-7-14(13)15/h1-12H. The number of fused-ring (bicyclic) bond motifs is 3. The summed E-state index contributed by atoms with van der Waals surface area (Å²) in [7, 11) is 0. The monoisotopic (exact) mass is 312 g/mol. The third-order valence-electron chi connectivity index (χ3n) is 4.28. The largest absolute Gasteiger partial charge is 0.300 e. The van der Waals surface area contributed by atoms with Crippen LogP contribution in [-0.4, -0.2) is 19.2 Å². The summed E-state index contributed by atoms with van der Waals surface area (Å²) in [5.41, 5.74) is 2.68. The van der Waals surface area contributed by atoms with E-state index in [1.165, 1.54) is 4.52 Å². The molecule has 5 nitrogen and oxygen atoms in total. The number of rotatable bonds is 1. The molecule has 5 heteroatoms. The van der Waals surface area contributed by atoms with Gasteiger partial charge in [-0.25, -0.2) is 4.98 Å². The Morgan fingerprint density at radius 3 is 2.67 bits per heavy atom. The SMILES string of the molecule is O=c1c2ncccc2n(-c2cccc3ccccc23)c2ccnn12. The van der Waals surface area contributed by atoms with Crippen LogP contribution in [0.15, 0.2) is 77.9 Å². The van der Waals surface area contributed by atoms with Gasteiger partial charge in [-0.3, -0.25) is 9.36 Å². The lowest BCUT2D eigenvalue weighted by atomic mass is 10.1. The molecule has 0 radical (unpaired) electrons. The highest BCUT2D eigenvalue weighted by molar-refractivity contribution is 5.93. The van der Waals surface area contributed by atoms with Gasteiger partial charge in [0.2, 0.25) is 0 Å². The van der Waals surface area contributed by atoms with Crippen LogP contribution in [0.4, 0.5) is 0 Å². The molecule has 3 heterocycles. The molecule has 5 aromatic rings. The molecule has 3 aromatic heterocycles. The second kappa shape index (κ2) is 4.76. The first kappa shape index (κ1) is 13.0. The Balaban J connectivity index is 2.07. The van der Waals surface area contributed by atoms with E-state index < -0.39 is 0 Å². The fourth-order valence-electron chi connectivity index (χ4n) is 3.24.